The minimum absolute atomic E-state index is 0.180. The van der Waals surface area contributed by atoms with Crippen LogP contribution < -0.4 is 5.32 Å². The van der Waals surface area contributed by atoms with E-state index in [9.17, 15) is 14.4 Å². The molecule has 1 N–H and O–H groups in total. The van der Waals surface area contributed by atoms with Crippen molar-refractivity contribution in [3.05, 3.63) is 33.8 Å². The lowest BCUT2D eigenvalue weighted by molar-refractivity contribution is -0.135. The molecule has 0 radical (unpaired) electrons. The zero-order valence-corrected chi connectivity index (χ0v) is 9.30. The van der Waals surface area contributed by atoms with Crippen LogP contribution in [-0.2, 0) is 14.4 Å². The van der Waals surface area contributed by atoms with Crippen LogP contribution in [0, 0.1) is 0 Å². The van der Waals surface area contributed by atoms with E-state index in [0.29, 0.717) is 0 Å². The highest BCUT2D eigenvalue weighted by molar-refractivity contribution is 6.51. The molecule has 0 spiro atoms. The monoisotopic (exact) mass is 257 g/mol. The van der Waals surface area contributed by atoms with E-state index in [-0.39, 0.29) is 15.6 Å². The molecule has 1 aliphatic heterocycles. The normalized spacial score (nSPS) is 20.1. The third kappa shape index (κ3) is 1.60. The van der Waals surface area contributed by atoms with Gasteiger partial charge in [0.25, 0.3) is 5.91 Å². The lowest BCUT2D eigenvalue weighted by Gasteiger charge is -2.09. The van der Waals surface area contributed by atoms with Crippen molar-refractivity contribution in [3.63, 3.8) is 0 Å². The van der Waals surface area contributed by atoms with Crippen molar-refractivity contribution in [1.82, 2.24) is 5.32 Å². The molecule has 1 atom stereocenters. The van der Waals surface area contributed by atoms with E-state index >= 15 is 0 Å². The second-order valence-electron chi connectivity index (χ2n) is 3.25. The Balaban J connectivity index is 2.57. The van der Waals surface area contributed by atoms with E-state index in [1.807, 2.05) is 5.32 Å². The topological polar surface area (TPSA) is 63.2 Å². The first-order valence-electron chi connectivity index (χ1n) is 4.35. The van der Waals surface area contributed by atoms with Gasteiger partial charge in [-0.15, -0.1) is 0 Å². The van der Waals surface area contributed by atoms with Crippen LogP contribution in [0.25, 0.3) is 0 Å². The molecule has 0 bridgehead atoms. The van der Waals surface area contributed by atoms with E-state index in [4.69, 9.17) is 23.2 Å². The summed E-state index contributed by atoms with van der Waals surface area (Å²) in [5, 5.41) is 2.31. The largest absolute Gasteiger partial charge is 0.295 e. The van der Waals surface area contributed by atoms with E-state index in [1.54, 1.807) is 6.07 Å². The zero-order chi connectivity index (χ0) is 11.9. The Morgan fingerprint density at radius 3 is 2.06 bits per heavy atom. The molecular weight excluding hydrogens is 253 g/mol. The molecule has 82 valence electrons. The van der Waals surface area contributed by atoms with Gasteiger partial charge in [0, 0.05) is 15.6 Å². The minimum atomic E-state index is -1.23. The number of amides is 2. The van der Waals surface area contributed by atoms with Gasteiger partial charge in [0.1, 0.15) is 5.92 Å². The van der Waals surface area contributed by atoms with Gasteiger partial charge in [-0.25, -0.2) is 0 Å². The fourth-order valence-electron chi connectivity index (χ4n) is 1.54. The average Bonchev–Trinajstić information content (AvgIpc) is 2.44. The molecule has 6 heteroatoms. The van der Waals surface area contributed by atoms with Crippen LogP contribution in [0.5, 0.6) is 0 Å². The first-order valence-corrected chi connectivity index (χ1v) is 5.11. The van der Waals surface area contributed by atoms with Gasteiger partial charge in [-0.05, 0) is 12.1 Å². The highest BCUT2D eigenvalue weighted by atomic mass is 35.5. The van der Waals surface area contributed by atoms with Crippen LogP contribution in [0.15, 0.2) is 18.2 Å². The first kappa shape index (κ1) is 11.1. The molecule has 1 unspecified atom stereocenters. The van der Waals surface area contributed by atoms with E-state index in [2.05, 4.69) is 0 Å². The molecule has 1 aromatic carbocycles. The molecule has 0 aliphatic carbocycles. The molecule has 1 heterocycles. The predicted molar refractivity (Wildman–Crippen MR) is 57.4 cm³/mol. The highest BCUT2D eigenvalue weighted by Gasteiger charge is 2.43. The molecule has 4 nitrogen and oxygen atoms in total. The molecule has 0 saturated carbocycles. The van der Waals surface area contributed by atoms with Gasteiger partial charge in [-0.3, -0.25) is 19.7 Å². The number of Topliss-reactive ketones (excluding diaryl/α,β-unsaturated/α-hetero) is 1. The second kappa shape index (κ2) is 3.88. The van der Waals surface area contributed by atoms with Gasteiger partial charge in [-0.1, -0.05) is 29.3 Å². The number of ketones is 1. The first-order chi connectivity index (χ1) is 7.52. The Morgan fingerprint density at radius 2 is 1.62 bits per heavy atom. The van der Waals surface area contributed by atoms with Crippen LogP contribution in [0.4, 0.5) is 0 Å². The molecule has 1 aliphatic rings. The molecular formula is C10H5Cl2NO3. The molecule has 16 heavy (non-hydrogen) atoms. The molecule has 1 saturated heterocycles. The van der Waals surface area contributed by atoms with Gasteiger partial charge >= 0.3 is 0 Å². The van der Waals surface area contributed by atoms with Crippen molar-refractivity contribution in [2.75, 3.05) is 0 Å². The Bertz CT molecular complexity index is 493. The van der Waals surface area contributed by atoms with Gasteiger partial charge in [0.2, 0.25) is 11.7 Å². The maximum atomic E-state index is 11.5. The Labute approximate surface area is 101 Å². The Morgan fingerprint density at radius 1 is 1.06 bits per heavy atom. The van der Waals surface area contributed by atoms with Gasteiger partial charge in [-0.2, -0.15) is 0 Å². The molecule has 0 aromatic heterocycles. The fourth-order valence-corrected chi connectivity index (χ4v) is 2.16. The van der Waals surface area contributed by atoms with Crippen molar-refractivity contribution in [2.45, 2.75) is 5.92 Å². The number of benzene rings is 1. The van der Waals surface area contributed by atoms with Crippen LogP contribution in [0.3, 0.4) is 0 Å². The smallest absolute Gasteiger partial charge is 0.289 e. The maximum absolute atomic E-state index is 11.5. The number of carbonyl (C=O) groups excluding carboxylic acids is 3. The number of halogens is 2. The summed E-state index contributed by atoms with van der Waals surface area (Å²) in [6.07, 6.45) is 0. The van der Waals surface area contributed by atoms with Crippen molar-refractivity contribution < 1.29 is 14.4 Å². The predicted octanol–water partition coefficient (Wildman–Crippen LogP) is 1.30. The highest BCUT2D eigenvalue weighted by Crippen LogP contribution is 2.33. The van der Waals surface area contributed by atoms with Crippen LogP contribution in [0.2, 0.25) is 10.0 Å². The summed E-state index contributed by atoms with van der Waals surface area (Å²) in [5.41, 5.74) is 0.180. The quantitative estimate of drug-likeness (QED) is 0.469. The Hall–Kier alpha value is -1.39. The van der Waals surface area contributed by atoms with Crippen LogP contribution in [0.1, 0.15) is 11.5 Å². The number of nitrogens with one attached hydrogen (secondary N) is 1. The van der Waals surface area contributed by atoms with Crippen molar-refractivity contribution >= 4 is 40.8 Å². The van der Waals surface area contributed by atoms with E-state index in [1.165, 1.54) is 12.1 Å². The minimum Gasteiger partial charge on any atom is -0.289 e. The summed E-state index contributed by atoms with van der Waals surface area (Å²) in [4.78, 5) is 33.9. The van der Waals surface area contributed by atoms with E-state index < -0.39 is 23.5 Å². The van der Waals surface area contributed by atoms with Gasteiger partial charge < -0.3 is 0 Å². The number of imide groups is 1. The third-order valence-electron chi connectivity index (χ3n) is 2.27. The second-order valence-corrected chi connectivity index (χ2v) is 4.07. The molecule has 1 aromatic rings. The zero-order valence-electron chi connectivity index (χ0n) is 7.79. The van der Waals surface area contributed by atoms with E-state index in [0.717, 1.165) is 0 Å². The SMILES string of the molecule is O=C1NC(=O)C(c2c(Cl)cccc2Cl)C1=O. The molecule has 1 fully saturated rings. The van der Waals surface area contributed by atoms with Crippen molar-refractivity contribution in [2.24, 2.45) is 0 Å². The summed E-state index contributed by atoms with van der Waals surface area (Å²) >= 11 is 11.7. The summed E-state index contributed by atoms with van der Waals surface area (Å²) < 4.78 is 0. The van der Waals surface area contributed by atoms with Crippen molar-refractivity contribution in [3.8, 4) is 0 Å². The Kier molecular flexibility index (Phi) is 2.69. The number of hydrogen-bond acceptors (Lipinski definition) is 3. The number of hydrogen-bond donors (Lipinski definition) is 1. The summed E-state index contributed by atoms with van der Waals surface area (Å²) in [6.45, 7) is 0. The molecule has 2 amide bonds. The molecule has 2 rings (SSSR count). The number of carbonyl (C=O) groups is 3. The van der Waals surface area contributed by atoms with Crippen LogP contribution >= 0.6 is 23.2 Å². The third-order valence-corrected chi connectivity index (χ3v) is 2.93. The lowest BCUT2D eigenvalue weighted by atomic mass is 9.96. The fraction of sp³-hybridized carbons (Fsp3) is 0.100. The van der Waals surface area contributed by atoms with Gasteiger partial charge in [0.05, 0.1) is 0 Å². The average molecular weight is 258 g/mol. The maximum Gasteiger partial charge on any atom is 0.295 e. The standard InChI is InChI=1S/C10H5Cl2NO3/c11-4-2-1-3-5(12)6(4)7-8(14)10(16)13-9(7)15/h1-3,7H,(H,13,15,16). The van der Waals surface area contributed by atoms with Gasteiger partial charge in [0.15, 0.2) is 0 Å². The summed E-state index contributed by atoms with van der Waals surface area (Å²) in [5.74, 6) is -3.68. The number of rotatable bonds is 1. The lowest BCUT2D eigenvalue weighted by Crippen LogP contribution is -2.22. The van der Waals surface area contributed by atoms with Crippen molar-refractivity contribution in [1.29, 1.82) is 0 Å². The summed E-state index contributed by atoms with van der Waals surface area (Å²) in [6, 6.07) is 4.60. The summed E-state index contributed by atoms with van der Waals surface area (Å²) in [7, 11) is 0. The van der Waals surface area contributed by atoms with Crippen LogP contribution in [-0.4, -0.2) is 17.6 Å².